The molecule has 1 aliphatic carbocycles. The van der Waals surface area contributed by atoms with E-state index in [-0.39, 0.29) is 28.4 Å². The van der Waals surface area contributed by atoms with Gasteiger partial charge in [-0.1, -0.05) is 131 Å². The van der Waals surface area contributed by atoms with Crippen molar-refractivity contribution in [3.63, 3.8) is 0 Å². The Morgan fingerprint density at radius 3 is 1.72 bits per heavy atom. The number of nitrogens with zero attached hydrogens (tertiary/aromatic N) is 2. The molecule has 2 aliphatic heterocycles. The van der Waals surface area contributed by atoms with Crippen LogP contribution in [0.5, 0.6) is 0 Å². The fourth-order valence-corrected chi connectivity index (χ4v) is 10.6. The molecule has 304 valence electrons. The van der Waals surface area contributed by atoms with E-state index in [1.807, 2.05) is 0 Å². The van der Waals surface area contributed by atoms with E-state index in [9.17, 15) is 0 Å². The molecule has 4 nitrogen and oxygen atoms in total. The molecule has 0 unspecified atom stereocenters. The minimum Gasteiger partial charge on any atom is -0.456 e. The third-order valence-electron chi connectivity index (χ3n) is 14.0. The zero-order chi connectivity index (χ0) is 42.7. The molecule has 0 radical (unpaired) electrons. The molecule has 61 heavy (non-hydrogen) atoms. The van der Waals surface area contributed by atoms with Gasteiger partial charge in [0.25, 0.3) is 6.71 Å². The monoisotopic (exact) mass is 798 g/mol. The number of hydrogen-bond donors (Lipinski definition) is 0. The van der Waals surface area contributed by atoms with Gasteiger partial charge in [0, 0.05) is 61.2 Å². The largest absolute Gasteiger partial charge is 0.456 e. The third-order valence-corrected chi connectivity index (χ3v) is 14.0. The molecule has 0 saturated carbocycles. The number of rotatable bonds is 2. The van der Waals surface area contributed by atoms with Gasteiger partial charge in [-0.05, 0) is 123 Å². The molecule has 0 bridgehead atoms. The minimum atomic E-state index is -0.238. The van der Waals surface area contributed by atoms with Crippen molar-refractivity contribution in [2.24, 2.45) is 0 Å². The predicted octanol–water partition coefficient (Wildman–Crippen LogP) is 13.8. The Kier molecular flexibility index (Phi) is 7.69. The van der Waals surface area contributed by atoms with E-state index in [2.05, 4.69) is 208 Å². The Morgan fingerprint density at radius 1 is 0.525 bits per heavy atom. The number of aryl methyl sites for hydroxylation is 1. The average Bonchev–Trinajstić information content (AvgIpc) is 3.84. The van der Waals surface area contributed by atoms with E-state index >= 15 is 0 Å². The summed E-state index contributed by atoms with van der Waals surface area (Å²) in [7, 11) is 0. The minimum absolute atomic E-state index is 0.0201. The van der Waals surface area contributed by atoms with Crippen molar-refractivity contribution in [1.29, 1.82) is 0 Å². The summed E-state index contributed by atoms with van der Waals surface area (Å²) in [6, 6.07) is 43.6. The van der Waals surface area contributed by atoms with Crippen LogP contribution in [0.2, 0.25) is 0 Å². The first-order valence-electron chi connectivity index (χ1n) is 22.0. The van der Waals surface area contributed by atoms with Gasteiger partial charge in [0.05, 0.1) is 0 Å². The van der Waals surface area contributed by atoms with Gasteiger partial charge in [0.15, 0.2) is 0 Å². The second-order valence-electron chi connectivity index (χ2n) is 21.6. The van der Waals surface area contributed by atoms with Gasteiger partial charge >= 0.3 is 0 Å². The zero-order valence-electron chi connectivity index (χ0n) is 37.8. The first-order chi connectivity index (χ1) is 28.8. The molecule has 6 aromatic carbocycles. The SMILES string of the molecule is Cc1cc2c3c(c1)N(c1ccc(C(C)(C)C)cc1)c1oc4ccccc4c1B3c1cc3oc4c(c3cc1N2c1ccc(C(C)(C)C)cc1)C(C)(C)c1ccc(C(C)(C)C)cc1-4. The van der Waals surface area contributed by atoms with E-state index in [4.69, 9.17) is 8.83 Å². The molecule has 0 amide bonds. The highest BCUT2D eigenvalue weighted by molar-refractivity contribution is 7.01. The molecule has 4 heterocycles. The molecular weight excluding hydrogens is 743 g/mol. The first-order valence-corrected chi connectivity index (χ1v) is 22.0. The topological polar surface area (TPSA) is 32.8 Å². The van der Waals surface area contributed by atoms with Crippen LogP contribution in [0, 0.1) is 6.92 Å². The van der Waals surface area contributed by atoms with E-state index in [1.165, 1.54) is 72.1 Å². The summed E-state index contributed by atoms with van der Waals surface area (Å²) in [4.78, 5) is 4.91. The van der Waals surface area contributed by atoms with Crippen LogP contribution >= 0.6 is 0 Å². The van der Waals surface area contributed by atoms with Gasteiger partial charge in [-0.2, -0.15) is 0 Å². The maximum Gasteiger partial charge on any atom is 0.257 e. The lowest BCUT2D eigenvalue weighted by Gasteiger charge is -2.43. The predicted molar refractivity (Wildman–Crippen MR) is 258 cm³/mol. The standard InChI is InChI=1S/C56H55BN2O2/c1-32-27-44-50-45(28-32)59(37-24-19-34(20-25-37)54(5,6)7)52-49(38-15-13-14-16-46(38)61-52)57(50)42-31-47-40(30-43(42)58(44)36-22-17-33(18-23-36)53(2,3)4)48-51(60-47)39-29-35(55(8,9)10)21-26-41(39)56(48,11)12/h13-31H,1-12H3. The van der Waals surface area contributed by atoms with Gasteiger partial charge in [-0.15, -0.1) is 0 Å². The lowest BCUT2D eigenvalue weighted by molar-refractivity contribution is 0.588. The van der Waals surface area contributed by atoms with Crippen molar-refractivity contribution in [1.82, 2.24) is 0 Å². The van der Waals surface area contributed by atoms with Crippen molar-refractivity contribution >= 4 is 79.4 Å². The van der Waals surface area contributed by atoms with Crippen molar-refractivity contribution in [2.75, 3.05) is 9.80 Å². The van der Waals surface area contributed by atoms with Crippen LogP contribution in [0.1, 0.15) is 110 Å². The zero-order valence-corrected chi connectivity index (χ0v) is 37.8. The summed E-state index contributed by atoms with van der Waals surface area (Å²) in [5.41, 5.74) is 20.0. The molecule has 3 aliphatic rings. The fourth-order valence-electron chi connectivity index (χ4n) is 10.6. The molecule has 0 spiro atoms. The first kappa shape index (κ1) is 38.0. The normalized spacial score (nSPS) is 15.2. The van der Waals surface area contributed by atoms with Crippen molar-refractivity contribution in [3.05, 3.63) is 149 Å². The Balaban J connectivity index is 1.23. The summed E-state index contributed by atoms with van der Waals surface area (Å²) in [5, 5.41) is 2.31. The third kappa shape index (κ3) is 5.44. The number of para-hydroxylation sites is 1. The second-order valence-corrected chi connectivity index (χ2v) is 21.6. The van der Waals surface area contributed by atoms with Crippen LogP contribution in [-0.4, -0.2) is 6.71 Å². The smallest absolute Gasteiger partial charge is 0.257 e. The van der Waals surface area contributed by atoms with E-state index in [1.54, 1.807) is 0 Å². The van der Waals surface area contributed by atoms with Crippen LogP contribution in [0.3, 0.4) is 0 Å². The van der Waals surface area contributed by atoms with Crippen molar-refractivity contribution < 1.29 is 8.83 Å². The number of furan rings is 2. The Labute approximate surface area is 361 Å². The maximum absolute atomic E-state index is 7.18. The van der Waals surface area contributed by atoms with Crippen LogP contribution in [-0.2, 0) is 21.7 Å². The lowest BCUT2D eigenvalue weighted by Crippen LogP contribution is -2.61. The molecule has 0 fully saturated rings. The summed E-state index contributed by atoms with van der Waals surface area (Å²) < 4.78 is 14.2. The second kappa shape index (κ2) is 12.3. The molecule has 5 heteroatoms. The summed E-state index contributed by atoms with van der Waals surface area (Å²) in [6.45, 7) is 27.4. The van der Waals surface area contributed by atoms with Crippen LogP contribution < -0.4 is 26.2 Å². The van der Waals surface area contributed by atoms with Gasteiger partial charge in [0.1, 0.15) is 16.9 Å². The maximum atomic E-state index is 7.18. The highest BCUT2D eigenvalue weighted by Crippen LogP contribution is 2.55. The van der Waals surface area contributed by atoms with E-state index in [0.29, 0.717) is 0 Å². The molecule has 8 aromatic rings. The van der Waals surface area contributed by atoms with Crippen molar-refractivity contribution in [2.45, 2.75) is 105 Å². The van der Waals surface area contributed by atoms with Gasteiger partial charge in [-0.25, -0.2) is 0 Å². The number of hydrogen-bond acceptors (Lipinski definition) is 4. The number of anilines is 6. The Bertz CT molecular complexity index is 3120. The van der Waals surface area contributed by atoms with E-state index < -0.39 is 0 Å². The average molecular weight is 799 g/mol. The Hall–Kier alpha value is -5.94. The summed E-state index contributed by atoms with van der Waals surface area (Å²) in [6.07, 6.45) is 0. The van der Waals surface area contributed by atoms with Crippen LogP contribution in [0.15, 0.2) is 124 Å². The Morgan fingerprint density at radius 2 is 1.10 bits per heavy atom. The molecule has 11 rings (SSSR count). The highest BCUT2D eigenvalue weighted by Gasteiger charge is 2.48. The van der Waals surface area contributed by atoms with Crippen molar-refractivity contribution in [3.8, 4) is 11.3 Å². The van der Waals surface area contributed by atoms with Gasteiger partial charge in [-0.3, -0.25) is 4.90 Å². The molecule has 0 atom stereocenters. The fraction of sp³-hybridized carbons (Fsp3) is 0.286. The molecule has 2 aromatic heterocycles. The van der Waals surface area contributed by atoms with Gasteiger partial charge in [0.2, 0.25) is 5.88 Å². The number of benzene rings is 6. The lowest BCUT2D eigenvalue weighted by atomic mass is 9.33. The molecular formula is C56H55BN2O2. The van der Waals surface area contributed by atoms with Gasteiger partial charge < -0.3 is 13.7 Å². The van der Waals surface area contributed by atoms with Crippen LogP contribution in [0.4, 0.5) is 34.3 Å². The quantitative estimate of drug-likeness (QED) is 0.163. The molecule has 0 N–H and O–H groups in total. The molecule has 0 saturated heterocycles. The summed E-state index contributed by atoms with van der Waals surface area (Å²) >= 11 is 0. The van der Waals surface area contributed by atoms with Crippen LogP contribution in [0.25, 0.3) is 33.3 Å². The highest BCUT2D eigenvalue weighted by atomic mass is 16.4. The summed E-state index contributed by atoms with van der Waals surface area (Å²) in [5.74, 6) is 1.88. The van der Waals surface area contributed by atoms with E-state index in [0.717, 1.165) is 45.3 Å². The number of fused-ring (bicyclic) bond motifs is 11.